The molecule has 1 N–H and O–H groups in total. The fourth-order valence-corrected chi connectivity index (χ4v) is 2.75. The number of nitrogens with one attached hydrogen (secondary N) is 1. The number of hydrogen-bond donors (Lipinski definition) is 1. The number of hydrogen-bond acceptors (Lipinski definition) is 2. The summed E-state index contributed by atoms with van der Waals surface area (Å²) < 4.78 is 0. The average Bonchev–Trinajstić information content (AvgIpc) is 2.48. The van der Waals surface area contributed by atoms with E-state index in [9.17, 15) is 0 Å². The van der Waals surface area contributed by atoms with Crippen LogP contribution in [0.2, 0.25) is 0 Å². The molecule has 2 nitrogen and oxygen atoms in total. The molecule has 0 radical (unpaired) electrons. The Morgan fingerprint density at radius 2 is 1.74 bits per heavy atom. The molecule has 0 spiro atoms. The molecule has 2 aromatic rings. The van der Waals surface area contributed by atoms with Gasteiger partial charge in [-0.05, 0) is 42.5 Å². The van der Waals surface area contributed by atoms with Crippen LogP contribution in [0.15, 0.2) is 48.5 Å². The summed E-state index contributed by atoms with van der Waals surface area (Å²) in [5.41, 5.74) is 4.57. The molecule has 0 saturated carbocycles. The second-order valence-electron chi connectivity index (χ2n) is 5.01. The Morgan fingerprint density at radius 1 is 1.00 bits per heavy atom. The Kier molecular flexibility index (Phi) is 3.20. The van der Waals surface area contributed by atoms with E-state index in [2.05, 4.69) is 35.7 Å². The van der Waals surface area contributed by atoms with E-state index < -0.39 is 0 Å². The van der Waals surface area contributed by atoms with Crippen molar-refractivity contribution in [3.63, 3.8) is 0 Å². The molecule has 0 aliphatic heterocycles. The maximum atomic E-state index is 9.12. The predicted molar refractivity (Wildman–Crippen MR) is 77.0 cm³/mol. The maximum Gasteiger partial charge on any atom is 0.101 e. The van der Waals surface area contributed by atoms with E-state index in [1.807, 2.05) is 24.3 Å². The van der Waals surface area contributed by atoms with Crippen molar-refractivity contribution in [3.8, 4) is 6.07 Å². The summed E-state index contributed by atoms with van der Waals surface area (Å²) in [4.78, 5) is 0. The largest absolute Gasteiger partial charge is 0.381 e. The van der Waals surface area contributed by atoms with Crippen LogP contribution in [0, 0.1) is 11.3 Å². The summed E-state index contributed by atoms with van der Waals surface area (Å²) in [7, 11) is 0. The van der Waals surface area contributed by atoms with Crippen LogP contribution in [0.4, 0.5) is 5.69 Å². The molecule has 0 saturated heterocycles. The molecule has 19 heavy (non-hydrogen) atoms. The van der Waals surface area contributed by atoms with Gasteiger partial charge in [-0.3, -0.25) is 0 Å². The lowest BCUT2D eigenvalue weighted by Gasteiger charge is -2.26. The van der Waals surface area contributed by atoms with E-state index in [0.717, 1.165) is 30.5 Å². The molecule has 3 rings (SSSR count). The van der Waals surface area contributed by atoms with Gasteiger partial charge in [-0.2, -0.15) is 5.26 Å². The molecule has 1 aliphatic carbocycles. The predicted octanol–water partition coefficient (Wildman–Crippen LogP) is 3.53. The highest BCUT2D eigenvalue weighted by Gasteiger charge is 2.18. The van der Waals surface area contributed by atoms with E-state index in [-0.39, 0.29) is 0 Å². The second-order valence-corrected chi connectivity index (χ2v) is 5.01. The number of benzene rings is 2. The summed E-state index contributed by atoms with van der Waals surface area (Å²) in [5.74, 6) is 0. The van der Waals surface area contributed by atoms with Gasteiger partial charge in [0.25, 0.3) is 0 Å². The van der Waals surface area contributed by atoms with E-state index in [4.69, 9.17) is 5.26 Å². The van der Waals surface area contributed by atoms with E-state index in [1.165, 1.54) is 11.1 Å². The molecule has 1 atom stereocenters. The summed E-state index contributed by atoms with van der Waals surface area (Å²) >= 11 is 0. The van der Waals surface area contributed by atoms with Gasteiger partial charge in [-0.1, -0.05) is 36.4 Å². The van der Waals surface area contributed by atoms with Gasteiger partial charge in [0.2, 0.25) is 0 Å². The fourth-order valence-electron chi connectivity index (χ4n) is 2.75. The van der Waals surface area contributed by atoms with Crippen molar-refractivity contribution in [1.29, 1.82) is 5.26 Å². The highest BCUT2D eigenvalue weighted by Crippen LogP contribution is 2.24. The summed E-state index contributed by atoms with van der Waals surface area (Å²) in [6.07, 6.45) is 3.27. The first-order chi connectivity index (χ1) is 9.36. The zero-order valence-corrected chi connectivity index (χ0v) is 10.8. The molecule has 94 valence electrons. The number of aryl methyl sites for hydroxylation is 1. The molecule has 0 amide bonds. The average molecular weight is 248 g/mol. The fraction of sp³-hybridized carbons (Fsp3) is 0.235. The van der Waals surface area contributed by atoms with Crippen LogP contribution in [0.3, 0.4) is 0 Å². The first-order valence-electron chi connectivity index (χ1n) is 6.69. The number of rotatable bonds is 2. The first-order valence-corrected chi connectivity index (χ1v) is 6.69. The van der Waals surface area contributed by atoms with Crippen molar-refractivity contribution in [2.24, 2.45) is 0 Å². The second kappa shape index (κ2) is 5.16. The first kappa shape index (κ1) is 11.8. The van der Waals surface area contributed by atoms with Crippen LogP contribution in [0.25, 0.3) is 0 Å². The minimum Gasteiger partial charge on any atom is -0.381 e. The maximum absolute atomic E-state index is 9.12. The summed E-state index contributed by atoms with van der Waals surface area (Å²) in [5, 5.41) is 12.6. The van der Waals surface area contributed by atoms with Crippen molar-refractivity contribution in [3.05, 3.63) is 65.2 Å². The third-order valence-electron chi connectivity index (χ3n) is 3.75. The van der Waals surface area contributed by atoms with Crippen LogP contribution in [-0.4, -0.2) is 6.04 Å². The Hall–Kier alpha value is -2.27. The SMILES string of the molecule is N#Cc1ccccc1NC1CCc2ccccc2C1. The highest BCUT2D eigenvalue weighted by molar-refractivity contribution is 5.58. The van der Waals surface area contributed by atoms with Gasteiger partial charge in [0.05, 0.1) is 11.3 Å². The van der Waals surface area contributed by atoms with Crippen LogP contribution >= 0.6 is 0 Å². The van der Waals surface area contributed by atoms with Gasteiger partial charge >= 0.3 is 0 Å². The van der Waals surface area contributed by atoms with E-state index >= 15 is 0 Å². The zero-order chi connectivity index (χ0) is 13.1. The van der Waals surface area contributed by atoms with Gasteiger partial charge in [-0.15, -0.1) is 0 Å². The quantitative estimate of drug-likeness (QED) is 0.882. The van der Waals surface area contributed by atoms with Crippen LogP contribution < -0.4 is 5.32 Å². The summed E-state index contributed by atoms with van der Waals surface area (Å²) in [6, 6.07) is 19.0. The van der Waals surface area contributed by atoms with Crippen LogP contribution in [-0.2, 0) is 12.8 Å². The van der Waals surface area contributed by atoms with Crippen molar-refractivity contribution in [2.75, 3.05) is 5.32 Å². The summed E-state index contributed by atoms with van der Waals surface area (Å²) in [6.45, 7) is 0. The highest BCUT2D eigenvalue weighted by atomic mass is 14.9. The van der Waals surface area contributed by atoms with Crippen LogP contribution in [0.5, 0.6) is 0 Å². The monoisotopic (exact) mass is 248 g/mol. The lowest BCUT2D eigenvalue weighted by molar-refractivity contribution is 0.611. The molecule has 0 bridgehead atoms. The topological polar surface area (TPSA) is 35.8 Å². The minimum atomic E-state index is 0.421. The smallest absolute Gasteiger partial charge is 0.101 e. The van der Waals surface area contributed by atoms with Crippen molar-refractivity contribution in [1.82, 2.24) is 0 Å². The standard InChI is InChI=1S/C17H16N2/c18-12-15-7-3-4-8-17(15)19-16-10-9-13-5-1-2-6-14(13)11-16/h1-8,16,19H,9-11H2. The number of anilines is 1. The molecule has 2 heteroatoms. The Bertz CT molecular complexity index is 625. The Morgan fingerprint density at radius 3 is 2.58 bits per heavy atom. The molecular formula is C17H16N2. The number of nitrogens with zero attached hydrogens (tertiary/aromatic N) is 1. The lowest BCUT2D eigenvalue weighted by atomic mass is 9.88. The van der Waals surface area contributed by atoms with Gasteiger partial charge in [0.15, 0.2) is 0 Å². The van der Waals surface area contributed by atoms with Crippen molar-refractivity contribution >= 4 is 5.69 Å². The van der Waals surface area contributed by atoms with Gasteiger partial charge in [0.1, 0.15) is 6.07 Å². The van der Waals surface area contributed by atoms with Gasteiger partial charge in [-0.25, -0.2) is 0 Å². The molecular weight excluding hydrogens is 232 g/mol. The Labute approximate surface area is 113 Å². The minimum absolute atomic E-state index is 0.421. The van der Waals surface area contributed by atoms with E-state index in [0.29, 0.717) is 6.04 Å². The Balaban J connectivity index is 1.78. The van der Waals surface area contributed by atoms with Crippen molar-refractivity contribution in [2.45, 2.75) is 25.3 Å². The molecule has 1 aliphatic rings. The van der Waals surface area contributed by atoms with E-state index in [1.54, 1.807) is 0 Å². The molecule has 0 fully saturated rings. The molecule has 0 heterocycles. The third-order valence-corrected chi connectivity index (χ3v) is 3.75. The number of nitriles is 1. The number of fused-ring (bicyclic) bond motifs is 1. The van der Waals surface area contributed by atoms with Crippen molar-refractivity contribution < 1.29 is 0 Å². The third kappa shape index (κ3) is 2.46. The van der Waals surface area contributed by atoms with Crippen LogP contribution in [0.1, 0.15) is 23.1 Å². The zero-order valence-electron chi connectivity index (χ0n) is 10.8. The normalized spacial score (nSPS) is 17.3. The van der Waals surface area contributed by atoms with Gasteiger partial charge < -0.3 is 5.32 Å². The van der Waals surface area contributed by atoms with Gasteiger partial charge in [0, 0.05) is 6.04 Å². The lowest BCUT2D eigenvalue weighted by Crippen LogP contribution is -2.27. The molecule has 2 aromatic carbocycles. The number of para-hydroxylation sites is 1. The molecule has 0 aromatic heterocycles. The molecule has 1 unspecified atom stereocenters.